The fourth-order valence-electron chi connectivity index (χ4n) is 3.33. The third kappa shape index (κ3) is 4.31. The maximum absolute atomic E-state index is 6.90. The van der Waals surface area contributed by atoms with Gasteiger partial charge in [-0.1, -0.05) is 101 Å². The molecule has 0 aliphatic heterocycles. The molecule has 0 aliphatic rings. The summed E-state index contributed by atoms with van der Waals surface area (Å²) in [4.78, 5) is 0. The fourth-order valence-corrected chi connectivity index (χ4v) is 7.89. The summed E-state index contributed by atoms with van der Waals surface area (Å²) in [6, 6.07) is 21.6. The molecule has 0 radical (unpaired) electrons. The Balaban J connectivity index is 2.51. The minimum atomic E-state index is -2.40. The Kier molecular flexibility index (Phi) is 6.07. The van der Waals surface area contributed by atoms with Crippen molar-refractivity contribution >= 4 is 18.7 Å². The lowest BCUT2D eigenvalue weighted by molar-refractivity contribution is 0.247. The van der Waals surface area contributed by atoms with Crippen molar-refractivity contribution in [1.29, 1.82) is 0 Å². The van der Waals surface area contributed by atoms with Crippen molar-refractivity contribution in [3.63, 3.8) is 0 Å². The highest BCUT2D eigenvalue weighted by molar-refractivity contribution is 6.99. The summed E-state index contributed by atoms with van der Waals surface area (Å²) < 4.78 is 6.90. The Morgan fingerprint density at radius 2 is 1.28 bits per heavy atom. The van der Waals surface area contributed by atoms with E-state index in [0.717, 1.165) is 13.0 Å². The van der Waals surface area contributed by atoms with Gasteiger partial charge in [0.05, 0.1) is 0 Å². The average molecular weight is 353 g/mol. The Bertz CT molecular complexity index is 629. The van der Waals surface area contributed by atoms with Crippen molar-refractivity contribution in [2.75, 3.05) is 6.61 Å². The second-order valence-corrected chi connectivity index (χ2v) is 12.8. The molecule has 134 valence electrons. The molecular weight excluding hydrogens is 320 g/mol. The topological polar surface area (TPSA) is 9.23 Å². The van der Waals surface area contributed by atoms with Gasteiger partial charge in [-0.05, 0) is 27.2 Å². The predicted octanol–water partition coefficient (Wildman–Crippen LogP) is 5.17. The molecule has 0 atom stereocenters. The van der Waals surface area contributed by atoms with Gasteiger partial charge in [0.2, 0.25) is 0 Å². The minimum absolute atomic E-state index is 0.0357. The highest BCUT2D eigenvalue weighted by Gasteiger charge is 2.50. The molecule has 0 spiro atoms. The van der Waals surface area contributed by atoms with Gasteiger partial charge in [0, 0.05) is 6.61 Å². The van der Waals surface area contributed by atoms with Crippen LogP contribution in [0.2, 0.25) is 5.04 Å². The number of allylic oxidation sites excluding steroid dienone is 1. The Morgan fingerprint density at radius 3 is 1.64 bits per heavy atom. The average Bonchev–Trinajstić information content (AvgIpc) is 2.59. The van der Waals surface area contributed by atoms with Gasteiger partial charge in [-0.15, -0.1) is 6.58 Å². The van der Waals surface area contributed by atoms with Crippen molar-refractivity contribution in [2.24, 2.45) is 5.41 Å². The minimum Gasteiger partial charge on any atom is -0.407 e. The molecule has 0 fully saturated rings. The van der Waals surface area contributed by atoms with Gasteiger partial charge in [0.25, 0.3) is 8.32 Å². The Morgan fingerprint density at radius 1 is 0.840 bits per heavy atom. The summed E-state index contributed by atoms with van der Waals surface area (Å²) in [5.41, 5.74) is 0.0887. The van der Waals surface area contributed by atoms with E-state index in [1.807, 2.05) is 6.08 Å². The molecule has 0 saturated heterocycles. The lowest BCUT2D eigenvalue weighted by Crippen LogP contribution is -2.66. The van der Waals surface area contributed by atoms with Gasteiger partial charge in [0.15, 0.2) is 0 Å². The van der Waals surface area contributed by atoms with Crippen molar-refractivity contribution in [3.05, 3.63) is 73.3 Å². The number of hydrogen-bond donors (Lipinski definition) is 0. The van der Waals surface area contributed by atoms with E-state index in [0.29, 0.717) is 0 Å². The normalized spacial score (nSPS) is 12.8. The lowest BCUT2D eigenvalue weighted by atomic mass is 9.90. The van der Waals surface area contributed by atoms with Crippen molar-refractivity contribution in [2.45, 2.75) is 46.1 Å². The van der Waals surface area contributed by atoms with Gasteiger partial charge in [0.1, 0.15) is 0 Å². The van der Waals surface area contributed by atoms with Crippen molar-refractivity contribution in [1.82, 2.24) is 0 Å². The standard InChI is InChI=1S/C23H32OSi/c1-7-23(5,6)18-19-24-25(22(2,3)4,20-14-10-8-11-15-20)21-16-12-9-13-17-21/h7-17H,1,18-19H2,2-6H3. The second kappa shape index (κ2) is 7.71. The van der Waals surface area contributed by atoms with E-state index >= 15 is 0 Å². The first-order valence-corrected chi connectivity index (χ1v) is 11.0. The molecule has 0 amide bonds. The molecule has 2 aromatic carbocycles. The van der Waals surface area contributed by atoms with Gasteiger partial charge in [-0.25, -0.2) is 0 Å². The third-order valence-electron chi connectivity index (χ3n) is 5.03. The molecule has 0 bridgehead atoms. The zero-order valence-corrected chi connectivity index (χ0v) is 17.4. The summed E-state index contributed by atoms with van der Waals surface area (Å²) in [6.45, 7) is 16.1. The molecule has 2 heteroatoms. The summed E-state index contributed by atoms with van der Waals surface area (Å²) in [5, 5.41) is 2.71. The van der Waals surface area contributed by atoms with Crippen LogP contribution < -0.4 is 10.4 Å². The van der Waals surface area contributed by atoms with Crippen LogP contribution in [0.3, 0.4) is 0 Å². The van der Waals surface area contributed by atoms with Gasteiger partial charge in [-0.3, -0.25) is 0 Å². The predicted molar refractivity (Wildman–Crippen MR) is 112 cm³/mol. The van der Waals surface area contributed by atoms with Crippen LogP contribution in [0.5, 0.6) is 0 Å². The molecule has 25 heavy (non-hydrogen) atoms. The van der Waals surface area contributed by atoms with Crippen molar-refractivity contribution < 1.29 is 4.43 Å². The molecular formula is C23H32OSi. The fraction of sp³-hybridized carbons (Fsp3) is 0.391. The van der Waals surface area contributed by atoms with Gasteiger partial charge >= 0.3 is 0 Å². The first-order chi connectivity index (χ1) is 11.7. The highest BCUT2D eigenvalue weighted by Crippen LogP contribution is 2.37. The van der Waals surface area contributed by atoms with Crippen LogP contribution in [-0.2, 0) is 4.43 Å². The van der Waals surface area contributed by atoms with Crippen LogP contribution in [0, 0.1) is 5.41 Å². The van der Waals surface area contributed by atoms with E-state index < -0.39 is 8.32 Å². The van der Waals surface area contributed by atoms with E-state index in [4.69, 9.17) is 4.43 Å². The number of benzene rings is 2. The van der Waals surface area contributed by atoms with E-state index in [9.17, 15) is 0 Å². The van der Waals surface area contributed by atoms with Crippen LogP contribution in [0.25, 0.3) is 0 Å². The van der Waals surface area contributed by atoms with Gasteiger partial charge in [-0.2, -0.15) is 0 Å². The molecule has 0 unspecified atom stereocenters. The van der Waals surface area contributed by atoms with Crippen molar-refractivity contribution in [3.8, 4) is 0 Å². The van der Waals surface area contributed by atoms with E-state index in [-0.39, 0.29) is 10.5 Å². The SMILES string of the molecule is C=CC(C)(C)CCO[Si](c1ccccc1)(c1ccccc1)C(C)(C)C. The van der Waals surface area contributed by atoms with Crippen LogP contribution in [0.4, 0.5) is 0 Å². The molecule has 0 N–H and O–H groups in total. The Labute approximate surface area is 154 Å². The Hall–Kier alpha value is -1.64. The first kappa shape index (κ1) is 19.7. The number of hydrogen-bond acceptors (Lipinski definition) is 1. The highest BCUT2D eigenvalue weighted by atomic mass is 28.4. The molecule has 0 aromatic heterocycles. The largest absolute Gasteiger partial charge is 0.407 e. The quantitative estimate of drug-likeness (QED) is 0.494. The summed E-state index contributed by atoms with van der Waals surface area (Å²) in [5.74, 6) is 0. The monoisotopic (exact) mass is 352 g/mol. The third-order valence-corrected chi connectivity index (χ3v) is 10.1. The molecule has 0 saturated carbocycles. The van der Waals surface area contributed by atoms with Crippen LogP contribution in [0.15, 0.2) is 73.3 Å². The van der Waals surface area contributed by atoms with Crippen LogP contribution in [-0.4, -0.2) is 14.9 Å². The zero-order valence-electron chi connectivity index (χ0n) is 16.4. The molecule has 2 aromatic rings. The van der Waals surface area contributed by atoms with E-state index in [2.05, 4.69) is 102 Å². The summed E-state index contributed by atoms with van der Waals surface area (Å²) in [6.07, 6.45) is 3.00. The smallest absolute Gasteiger partial charge is 0.261 e. The lowest BCUT2D eigenvalue weighted by Gasteiger charge is -2.43. The van der Waals surface area contributed by atoms with E-state index in [1.54, 1.807) is 0 Å². The van der Waals surface area contributed by atoms with E-state index in [1.165, 1.54) is 10.4 Å². The maximum Gasteiger partial charge on any atom is 0.261 e. The molecule has 1 nitrogen and oxygen atoms in total. The van der Waals surface area contributed by atoms with Crippen LogP contribution in [0.1, 0.15) is 41.0 Å². The first-order valence-electron chi connectivity index (χ1n) is 9.11. The van der Waals surface area contributed by atoms with Gasteiger partial charge < -0.3 is 4.43 Å². The molecule has 0 aliphatic carbocycles. The zero-order chi connectivity index (χ0) is 18.6. The molecule has 2 rings (SSSR count). The number of rotatable bonds is 7. The summed E-state index contributed by atoms with van der Waals surface area (Å²) >= 11 is 0. The second-order valence-electron chi connectivity index (χ2n) is 8.45. The maximum atomic E-state index is 6.90. The summed E-state index contributed by atoms with van der Waals surface area (Å²) in [7, 11) is -2.40. The van der Waals surface area contributed by atoms with Crippen LogP contribution >= 0.6 is 0 Å². The molecule has 0 heterocycles.